The molecule has 1 aromatic carbocycles. The van der Waals surface area contributed by atoms with E-state index in [0.29, 0.717) is 11.4 Å². The molecule has 0 bridgehead atoms. The van der Waals surface area contributed by atoms with Gasteiger partial charge in [-0.15, -0.1) is 0 Å². The van der Waals surface area contributed by atoms with Crippen LogP contribution in [0.1, 0.15) is 12.0 Å². The molecule has 0 amide bonds. The minimum absolute atomic E-state index is 0.168. The predicted molar refractivity (Wildman–Crippen MR) is 52.4 cm³/mol. The maximum absolute atomic E-state index is 9.14. The minimum Gasteiger partial charge on any atom is -0.508 e. The van der Waals surface area contributed by atoms with E-state index in [1.54, 1.807) is 24.3 Å². The maximum atomic E-state index is 9.14. The van der Waals surface area contributed by atoms with Crippen LogP contribution in [-0.4, -0.2) is 5.11 Å². The van der Waals surface area contributed by atoms with Crippen molar-refractivity contribution in [1.29, 1.82) is 5.26 Å². The number of hydrogen-bond acceptors (Lipinski definition) is 2. The van der Waals surface area contributed by atoms with Gasteiger partial charge in [0, 0.05) is 5.02 Å². The predicted octanol–water partition coefficient (Wildman–Crippen LogP) is 2.97. The molecule has 1 rings (SSSR count). The van der Waals surface area contributed by atoms with Gasteiger partial charge in [0.15, 0.2) is 0 Å². The number of aromatic hydroxyl groups is 1. The summed E-state index contributed by atoms with van der Waals surface area (Å²) in [6, 6.07) is 6.66. The first kappa shape index (κ1) is 9.63. The molecule has 0 radical (unpaired) electrons. The van der Waals surface area contributed by atoms with Gasteiger partial charge in [-0.3, -0.25) is 0 Å². The van der Waals surface area contributed by atoms with E-state index < -0.39 is 0 Å². The van der Waals surface area contributed by atoms with Crippen molar-refractivity contribution in [1.82, 2.24) is 0 Å². The first-order valence-corrected chi connectivity index (χ1v) is 4.14. The van der Waals surface area contributed by atoms with Crippen LogP contribution >= 0.6 is 11.6 Å². The molecule has 0 aromatic heterocycles. The van der Waals surface area contributed by atoms with Crippen LogP contribution in [0.25, 0.3) is 6.08 Å². The lowest BCUT2D eigenvalue weighted by molar-refractivity contribution is 0.475. The van der Waals surface area contributed by atoms with E-state index in [4.69, 9.17) is 22.0 Å². The zero-order valence-corrected chi connectivity index (χ0v) is 7.62. The molecule has 0 aliphatic carbocycles. The van der Waals surface area contributed by atoms with E-state index in [2.05, 4.69) is 0 Å². The van der Waals surface area contributed by atoms with Crippen LogP contribution in [0.4, 0.5) is 0 Å². The molecule has 0 unspecified atom stereocenters. The monoisotopic (exact) mass is 193 g/mol. The Bertz CT molecular complexity index is 366. The minimum atomic E-state index is 0.168. The van der Waals surface area contributed by atoms with Crippen molar-refractivity contribution in [3.63, 3.8) is 0 Å². The highest BCUT2D eigenvalue weighted by Gasteiger charge is 1.96. The molecule has 0 spiro atoms. The van der Waals surface area contributed by atoms with Gasteiger partial charge in [-0.25, -0.2) is 0 Å². The van der Waals surface area contributed by atoms with Crippen molar-refractivity contribution < 1.29 is 5.11 Å². The Kier molecular flexibility index (Phi) is 3.36. The zero-order chi connectivity index (χ0) is 9.68. The lowest BCUT2D eigenvalue weighted by Gasteiger charge is -1.97. The van der Waals surface area contributed by atoms with E-state index in [0.717, 1.165) is 5.56 Å². The SMILES string of the molecule is N#CCC=Cc1cc(O)ccc1Cl. The number of benzene rings is 1. The summed E-state index contributed by atoms with van der Waals surface area (Å²) in [7, 11) is 0. The molecule has 0 saturated heterocycles. The third kappa shape index (κ3) is 2.81. The van der Waals surface area contributed by atoms with Crippen LogP contribution in [-0.2, 0) is 0 Å². The Labute approximate surface area is 81.7 Å². The smallest absolute Gasteiger partial charge is 0.116 e. The lowest BCUT2D eigenvalue weighted by atomic mass is 10.2. The van der Waals surface area contributed by atoms with Crippen LogP contribution < -0.4 is 0 Å². The number of allylic oxidation sites excluding steroid dienone is 1. The van der Waals surface area contributed by atoms with Crippen LogP contribution in [0.15, 0.2) is 24.3 Å². The molecule has 0 fully saturated rings. The van der Waals surface area contributed by atoms with Crippen LogP contribution in [0.5, 0.6) is 5.75 Å². The molecule has 1 aromatic rings. The number of halogens is 1. The van der Waals surface area contributed by atoms with Gasteiger partial charge in [0.2, 0.25) is 0 Å². The third-order valence-electron chi connectivity index (χ3n) is 1.49. The molecular weight excluding hydrogens is 186 g/mol. The van der Waals surface area contributed by atoms with E-state index in [-0.39, 0.29) is 5.75 Å². The van der Waals surface area contributed by atoms with Crippen molar-refractivity contribution in [2.24, 2.45) is 0 Å². The number of phenolic OH excluding ortho intramolecular Hbond substituents is 1. The third-order valence-corrected chi connectivity index (χ3v) is 1.83. The molecule has 13 heavy (non-hydrogen) atoms. The van der Waals surface area contributed by atoms with Crippen LogP contribution in [0.3, 0.4) is 0 Å². The van der Waals surface area contributed by atoms with Gasteiger partial charge in [-0.2, -0.15) is 5.26 Å². The quantitative estimate of drug-likeness (QED) is 0.785. The lowest BCUT2D eigenvalue weighted by Crippen LogP contribution is -1.74. The molecule has 0 aliphatic heterocycles. The number of nitrogens with zero attached hydrogens (tertiary/aromatic N) is 1. The summed E-state index contributed by atoms with van der Waals surface area (Å²) in [5.41, 5.74) is 0.719. The van der Waals surface area contributed by atoms with Crippen molar-refractivity contribution in [3.05, 3.63) is 34.9 Å². The molecular formula is C10H8ClNO. The molecule has 1 N–H and O–H groups in total. The van der Waals surface area contributed by atoms with Gasteiger partial charge < -0.3 is 5.11 Å². The summed E-state index contributed by atoms with van der Waals surface area (Å²) in [5.74, 6) is 0.168. The van der Waals surface area contributed by atoms with Crippen molar-refractivity contribution >= 4 is 17.7 Å². The average molecular weight is 194 g/mol. The number of nitriles is 1. The first-order valence-electron chi connectivity index (χ1n) is 3.76. The van der Waals surface area contributed by atoms with Gasteiger partial charge in [0.1, 0.15) is 5.75 Å². The molecule has 66 valence electrons. The Morgan fingerprint density at radius 1 is 1.54 bits per heavy atom. The fourth-order valence-corrected chi connectivity index (χ4v) is 1.08. The zero-order valence-electron chi connectivity index (χ0n) is 6.87. The normalized spacial score (nSPS) is 10.2. The molecule has 2 nitrogen and oxygen atoms in total. The topological polar surface area (TPSA) is 44.0 Å². The molecule has 0 aliphatic rings. The number of rotatable bonds is 2. The van der Waals surface area contributed by atoms with E-state index >= 15 is 0 Å². The van der Waals surface area contributed by atoms with E-state index in [1.165, 1.54) is 6.07 Å². The highest BCUT2D eigenvalue weighted by atomic mass is 35.5. The summed E-state index contributed by atoms with van der Waals surface area (Å²) in [6.07, 6.45) is 3.75. The second-order valence-electron chi connectivity index (χ2n) is 2.47. The second-order valence-corrected chi connectivity index (χ2v) is 2.88. The molecule has 3 heteroatoms. The van der Waals surface area contributed by atoms with Crippen molar-refractivity contribution in [2.75, 3.05) is 0 Å². The fraction of sp³-hybridized carbons (Fsp3) is 0.100. The summed E-state index contributed by atoms with van der Waals surface area (Å²) in [6.45, 7) is 0. The van der Waals surface area contributed by atoms with E-state index in [9.17, 15) is 0 Å². The van der Waals surface area contributed by atoms with Gasteiger partial charge in [-0.1, -0.05) is 23.8 Å². The largest absolute Gasteiger partial charge is 0.508 e. The number of hydrogen-bond donors (Lipinski definition) is 1. The molecule has 0 saturated carbocycles. The fourth-order valence-electron chi connectivity index (χ4n) is 0.897. The Morgan fingerprint density at radius 3 is 3.00 bits per heavy atom. The first-order chi connectivity index (χ1) is 6.24. The van der Waals surface area contributed by atoms with Gasteiger partial charge in [-0.05, 0) is 23.8 Å². The second kappa shape index (κ2) is 4.54. The number of phenols is 1. The summed E-state index contributed by atoms with van der Waals surface area (Å²) in [4.78, 5) is 0. The summed E-state index contributed by atoms with van der Waals surface area (Å²) in [5, 5.41) is 18.0. The average Bonchev–Trinajstić information content (AvgIpc) is 2.11. The Morgan fingerprint density at radius 2 is 2.31 bits per heavy atom. The van der Waals surface area contributed by atoms with Gasteiger partial charge in [0.05, 0.1) is 12.5 Å². The highest BCUT2D eigenvalue weighted by Crippen LogP contribution is 2.22. The summed E-state index contributed by atoms with van der Waals surface area (Å²) < 4.78 is 0. The van der Waals surface area contributed by atoms with Crippen LogP contribution in [0, 0.1) is 11.3 Å². The van der Waals surface area contributed by atoms with Gasteiger partial charge >= 0.3 is 0 Å². The van der Waals surface area contributed by atoms with Crippen molar-refractivity contribution in [2.45, 2.75) is 6.42 Å². The van der Waals surface area contributed by atoms with Gasteiger partial charge in [0.25, 0.3) is 0 Å². The van der Waals surface area contributed by atoms with Crippen molar-refractivity contribution in [3.8, 4) is 11.8 Å². The highest BCUT2D eigenvalue weighted by molar-refractivity contribution is 6.32. The molecule has 0 heterocycles. The van der Waals surface area contributed by atoms with E-state index in [1.807, 2.05) is 6.07 Å². The van der Waals surface area contributed by atoms with Crippen LogP contribution in [0.2, 0.25) is 5.02 Å². The molecule has 0 atom stereocenters. The maximum Gasteiger partial charge on any atom is 0.116 e. The summed E-state index contributed by atoms with van der Waals surface area (Å²) >= 11 is 5.83. The Balaban J connectivity index is 2.88. The standard InChI is InChI=1S/C10H8ClNO/c11-10-5-4-9(13)7-8(10)3-1-2-6-12/h1,3-5,7,13H,2H2. The Hall–Kier alpha value is -1.46.